The summed E-state index contributed by atoms with van der Waals surface area (Å²) < 4.78 is 47.6. The second kappa shape index (κ2) is 3.67. The van der Waals surface area contributed by atoms with Gasteiger partial charge in [0.25, 0.3) is 10.0 Å². The summed E-state index contributed by atoms with van der Waals surface area (Å²) in [5.41, 5.74) is 0.261. The van der Waals surface area contributed by atoms with Crippen molar-refractivity contribution in [3.63, 3.8) is 0 Å². The number of anilines is 1. The van der Waals surface area contributed by atoms with Crippen LogP contribution in [0, 0.1) is 6.92 Å². The number of hydrogen-bond donors (Lipinski definition) is 3. The lowest BCUT2D eigenvalue weighted by atomic mass is 10.2. The molecule has 4 N–H and O–H groups in total. The van der Waals surface area contributed by atoms with E-state index in [2.05, 4.69) is 5.32 Å². The van der Waals surface area contributed by atoms with Gasteiger partial charge in [-0.05, 0) is 24.6 Å². The Morgan fingerprint density at radius 3 is 2.44 bits per heavy atom. The van der Waals surface area contributed by atoms with Gasteiger partial charge in [0.15, 0.2) is 0 Å². The Hall–Kier alpha value is -1.65. The highest BCUT2D eigenvalue weighted by Crippen LogP contribution is 2.29. The molecular weight excluding hydrogens is 282 g/mol. The Morgan fingerprint density at radius 1 is 1.28 bits per heavy atom. The SMILES string of the molecule is Cc1cc2c(cc1S(N)(=O)=O)S(=O)(=O)NC(=O)N2. The number of carbonyl (C=O) groups excluding carboxylic acids is 1. The minimum atomic E-state index is -4.07. The molecule has 8 nitrogen and oxygen atoms in total. The number of benzene rings is 1. The van der Waals surface area contributed by atoms with E-state index in [9.17, 15) is 21.6 Å². The molecule has 0 saturated carbocycles. The maximum absolute atomic E-state index is 11.7. The quantitative estimate of drug-likeness (QED) is 0.639. The van der Waals surface area contributed by atoms with Gasteiger partial charge in [-0.2, -0.15) is 0 Å². The third kappa shape index (κ3) is 2.05. The van der Waals surface area contributed by atoms with E-state index in [-0.39, 0.29) is 21.0 Å². The number of amides is 2. The van der Waals surface area contributed by atoms with Gasteiger partial charge in [0.2, 0.25) is 10.0 Å². The molecule has 1 aliphatic rings. The maximum atomic E-state index is 11.7. The summed E-state index contributed by atoms with van der Waals surface area (Å²) in [7, 11) is -8.11. The molecule has 1 aliphatic heterocycles. The molecule has 2 amide bonds. The number of nitrogens with two attached hydrogens (primary N) is 1. The van der Waals surface area contributed by atoms with Crippen LogP contribution in [0.5, 0.6) is 0 Å². The summed E-state index contributed by atoms with van der Waals surface area (Å²) in [6.07, 6.45) is 0. The molecule has 0 saturated heterocycles. The monoisotopic (exact) mass is 291 g/mol. The zero-order valence-corrected chi connectivity index (χ0v) is 10.7. The molecule has 0 atom stereocenters. The van der Waals surface area contributed by atoms with E-state index in [4.69, 9.17) is 5.14 Å². The molecule has 0 aromatic heterocycles. The van der Waals surface area contributed by atoms with Crippen molar-refractivity contribution in [2.75, 3.05) is 5.32 Å². The zero-order chi connectivity index (χ0) is 13.7. The summed E-state index contributed by atoms with van der Waals surface area (Å²) >= 11 is 0. The van der Waals surface area contributed by atoms with Gasteiger partial charge in [0.05, 0.1) is 10.6 Å². The fraction of sp³-hybridized carbons (Fsp3) is 0.125. The lowest BCUT2D eigenvalue weighted by Gasteiger charge is -2.19. The number of aryl methyl sites for hydroxylation is 1. The first kappa shape index (κ1) is 12.8. The van der Waals surface area contributed by atoms with Crippen molar-refractivity contribution >= 4 is 31.8 Å². The molecule has 1 aromatic carbocycles. The van der Waals surface area contributed by atoms with E-state index in [1.54, 1.807) is 4.72 Å². The number of urea groups is 1. The Kier molecular flexibility index (Phi) is 2.61. The van der Waals surface area contributed by atoms with Crippen LogP contribution < -0.4 is 15.2 Å². The Labute approximate surface area is 103 Å². The molecule has 1 heterocycles. The van der Waals surface area contributed by atoms with E-state index < -0.39 is 26.1 Å². The molecule has 1 aromatic rings. The van der Waals surface area contributed by atoms with Gasteiger partial charge < -0.3 is 5.32 Å². The van der Waals surface area contributed by atoms with Crippen molar-refractivity contribution in [3.8, 4) is 0 Å². The summed E-state index contributed by atoms with van der Waals surface area (Å²) in [6.45, 7) is 1.45. The molecule has 2 rings (SSSR count). The predicted molar refractivity (Wildman–Crippen MR) is 61.9 cm³/mol. The van der Waals surface area contributed by atoms with Crippen LogP contribution in [0.15, 0.2) is 21.9 Å². The van der Waals surface area contributed by atoms with E-state index in [1.807, 2.05) is 0 Å². The second-order valence-electron chi connectivity index (χ2n) is 3.72. The van der Waals surface area contributed by atoms with Crippen molar-refractivity contribution in [3.05, 3.63) is 17.7 Å². The van der Waals surface area contributed by atoms with Crippen LogP contribution in [-0.4, -0.2) is 22.9 Å². The highest BCUT2D eigenvalue weighted by Gasteiger charge is 2.30. The van der Waals surface area contributed by atoms with Crippen molar-refractivity contribution in [2.45, 2.75) is 16.7 Å². The van der Waals surface area contributed by atoms with Crippen molar-refractivity contribution in [1.82, 2.24) is 4.72 Å². The number of carbonyl (C=O) groups is 1. The highest BCUT2D eigenvalue weighted by atomic mass is 32.2. The van der Waals surface area contributed by atoms with Gasteiger partial charge in [-0.15, -0.1) is 0 Å². The zero-order valence-electron chi connectivity index (χ0n) is 9.09. The van der Waals surface area contributed by atoms with Crippen LogP contribution in [0.3, 0.4) is 0 Å². The topological polar surface area (TPSA) is 135 Å². The molecule has 10 heteroatoms. The molecule has 0 fully saturated rings. The van der Waals surface area contributed by atoms with E-state index >= 15 is 0 Å². The number of primary sulfonamides is 1. The average Bonchev–Trinajstić information content (AvgIpc) is 2.12. The maximum Gasteiger partial charge on any atom is 0.333 e. The molecule has 0 radical (unpaired) electrons. The van der Waals surface area contributed by atoms with Crippen LogP contribution in [0.25, 0.3) is 0 Å². The lowest BCUT2D eigenvalue weighted by molar-refractivity contribution is 0.256. The van der Waals surface area contributed by atoms with E-state index in [0.717, 1.165) is 6.07 Å². The standard InChI is InChI=1S/C8H9N3O5S2/c1-4-2-5-7(3-6(4)17(9,13)14)18(15,16)11-8(12)10-5/h2-3H,1H3,(H2,9,13,14)(H2,10,11,12). The van der Waals surface area contributed by atoms with Gasteiger partial charge in [-0.1, -0.05) is 0 Å². The normalized spacial score (nSPS) is 17.6. The highest BCUT2D eigenvalue weighted by molar-refractivity contribution is 7.90. The van der Waals surface area contributed by atoms with Crippen LogP contribution >= 0.6 is 0 Å². The van der Waals surface area contributed by atoms with Crippen LogP contribution in [0.4, 0.5) is 10.5 Å². The minimum Gasteiger partial charge on any atom is -0.306 e. The molecule has 18 heavy (non-hydrogen) atoms. The largest absolute Gasteiger partial charge is 0.333 e. The van der Waals surface area contributed by atoms with Crippen molar-refractivity contribution < 1.29 is 21.6 Å². The van der Waals surface area contributed by atoms with Crippen molar-refractivity contribution in [2.24, 2.45) is 5.14 Å². The van der Waals surface area contributed by atoms with Gasteiger partial charge in [-0.25, -0.2) is 31.5 Å². The minimum absolute atomic E-state index is 0.0173. The molecule has 0 aliphatic carbocycles. The molecule has 98 valence electrons. The molecule has 0 spiro atoms. The number of fused-ring (bicyclic) bond motifs is 1. The first-order valence-corrected chi connectivity index (χ1v) is 7.65. The number of nitrogens with one attached hydrogen (secondary N) is 2. The van der Waals surface area contributed by atoms with Crippen LogP contribution in [-0.2, 0) is 20.0 Å². The Morgan fingerprint density at radius 2 is 1.89 bits per heavy atom. The van der Waals surface area contributed by atoms with E-state index in [1.165, 1.54) is 13.0 Å². The first-order chi connectivity index (χ1) is 8.11. The first-order valence-electron chi connectivity index (χ1n) is 4.62. The Bertz CT molecular complexity index is 751. The number of rotatable bonds is 1. The molecular formula is C8H9N3O5S2. The summed E-state index contributed by atoms with van der Waals surface area (Å²) in [6, 6.07) is 1.26. The molecule has 0 unspecified atom stereocenters. The third-order valence-electron chi connectivity index (χ3n) is 2.35. The summed E-state index contributed by atoms with van der Waals surface area (Å²) in [4.78, 5) is 10.5. The van der Waals surface area contributed by atoms with Gasteiger partial charge in [-0.3, -0.25) is 0 Å². The lowest BCUT2D eigenvalue weighted by Crippen LogP contribution is -2.39. The summed E-state index contributed by atoms with van der Waals surface area (Å²) in [5.74, 6) is 0. The molecule has 0 bridgehead atoms. The van der Waals surface area contributed by atoms with Gasteiger partial charge >= 0.3 is 6.03 Å². The van der Waals surface area contributed by atoms with Gasteiger partial charge in [0, 0.05) is 0 Å². The van der Waals surface area contributed by atoms with Crippen LogP contribution in [0.2, 0.25) is 0 Å². The van der Waals surface area contributed by atoms with Crippen molar-refractivity contribution in [1.29, 1.82) is 0 Å². The number of sulfonamides is 2. The predicted octanol–water partition coefficient (Wildman–Crippen LogP) is -0.534. The average molecular weight is 291 g/mol. The summed E-state index contributed by atoms with van der Waals surface area (Å²) in [5, 5.41) is 7.25. The second-order valence-corrected chi connectivity index (χ2v) is 6.90. The third-order valence-corrected chi connectivity index (χ3v) is 4.77. The number of hydrogen-bond acceptors (Lipinski definition) is 5. The fourth-order valence-electron chi connectivity index (χ4n) is 1.62. The van der Waals surface area contributed by atoms with E-state index in [0.29, 0.717) is 0 Å². The van der Waals surface area contributed by atoms with Gasteiger partial charge in [0.1, 0.15) is 4.90 Å². The Balaban J connectivity index is 2.81. The van der Waals surface area contributed by atoms with Crippen LogP contribution in [0.1, 0.15) is 5.56 Å². The smallest absolute Gasteiger partial charge is 0.306 e. The fourth-order valence-corrected chi connectivity index (χ4v) is 3.56.